The number of nitrogens with one attached hydrogen (secondary N) is 1. The maximum atomic E-state index is 12.9. The summed E-state index contributed by atoms with van der Waals surface area (Å²) in [5, 5.41) is 4.30. The number of imidazole rings is 1. The van der Waals surface area contributed by atoms with Crippen molar-refractivity contribution in [1.29, 1.82) is 0 Å². The fourth-order valence-corrected chi connectivity index (χ4v) is 3.56. The Morgan fingerprint density at radius 1 is 1.36 bits per heavy atom. The standard InChI is InChI=1S/C18H22N6O/c1-12-10-16(19)24(22-12)11-17(25)23-9-5-4-8-15(23)18-20-13-6-2-3-7-14(13)21-18/h2-3,6-7,10,15H,4-5,8-9,11,19H2,1H3,(H,20,21)/t15-/m0/s1. The Balaban J connectivity index is 1.60. The molecule has 1 atom stereocenters. The molecule has 7 heteroatoms. The highest BCUT2D eigenvalue weighted by atomic mass is 16.2. The minimum atomic E-state index is -0.0217. The molecular weight excluding hydrogens is 316 g/mol. The molecule has 2 aromatic heterocycles. The smallest absolute Gasteiger partial charge is 0.245 e. The first-order valence-corrected chi connectivity index (χ1v) is 8.66. The van der Waals surface area contributed by atoms with Crippen molar-refractivity contribution >= 4 is 22.8 Å². The maximum absolute atomic E-state index is 12.9. The third-order valence-corrected chi connectivity index (χ3v) is 4.76. The molecule has 1 aliphatic rings. The van der Waals surface area contributed by atoms with E-state index in [1.807, 2.05) is 36.1 Å². The predicted octanol–water partition coefficient (Wildman–Crippen LogP) is 2.40. The highest BCUT2D eigenvalue weighted by molar-refractivity contribution is 5.78. The van der Waals surface area contributed by atoms with Gasteiger partial charge in [0, 0.05) is 12.6 Å². The molecule has 3 heterocycles. The number of hydrogen-bond acceptors (Lipinski definition) is 4. The van der Waals surface area contributed by atoms with Gasteiger partial charge in [0.25, 0.3) is 0 Å². The number of fused-ring (bicyclic) bond motifs is 1. The molecule has 25 heavy (non-hydrogen) atoms. The summed E-state index contributed by atoms with van der Waals surface area (Å²) in [6, 6.07) is 9.70. The molecule has 4 rings (SSSR count). The summed E-state index contributed by atoms with van der Waals surface area (Å²) in [5.41, 5.74) is 8.68. The van der Waals surface area contributed by atoms with Crippen molar-refractivity contribution in [2.75, 3.05) is 12.3 Å². The summed E-state index contributed by atoms with van der Waals surface area (Å²) < 4.78 is 1.57. The van der Waals surface area contributed by atoms with Crippen LogP contribution in [0.1, 0.15) is 36.8 Å². The Kier molecular flexibility index (Phi) is 3.91. The van der Waals surface area contributed by atoms with Crippen LogP contribution in [0, 0.1) is 6.92 Å². The predicted molar refractivity (Wildman–Crippen MR) is 95.8 cm³/mol. The van der Waals surface area contributed by atoms with Crippen LogP contribution in [0.4, 0.5) is 5.82 Å². The van der Waals surface area contributed by atoms with Gasteiger partial charge in [-0.2, -0.15) is 5.10 Å². The topological polar surface area (TPSA) is 92.8 Å². The minimum Gasteiger partial charge on any atom is -0.384 e. The van der Waals surface area contributed by atoms with Gasteiger partial charge in [-0.15, -0.1) is 0 Å². The zero-order chi connectivity index (χ0) is 17.4. The second-order valence-corrected chi connectivity index (χ2v) is 6.61. The van der Waals surface area contributed by atoms with Crippen LogP contribution in [-0.2, 0) is 11.3 Å². The van der Waals surface area contributed by atoms with E-state index in [2.05, 4.69) is 10.1 Å². The second-order valence-electron chi connectivity index (χ2n) is 6.61. The molecule has 1 amide bonds. The second kappa shape index (κ2) is 6.23. The van der Waals surface area contributed by atoms with Gasteiger partial charge in [0.2, 0.25) is 5.91 Å². The number of aromatic amines is 1. The van der Waals surface area contributed by atoms with Gasteiger partial charge in [-0.1, -0.05) is 12.1 Å². The first kappa shape index (κ1) is 15.7. The van der Waals surface area contributed by atoms with Crippen LogP contribution in [0.15, 0.2) is 30.3 Å². The van der Waals surface area contributed by atoms with Crippen LogP contribution in [0.2, 0.25) is 0 Å². The van der Waals surface area contributed by atoms with Crippen molar-refractivity contribution in [2.24, 2.45) is 0 Å². The summed E-state index contributed by atoms with van der Waals surface area (Å²) >= 11 is 0. The molecule has 0 unspecified atom stereocenters. The summed E-state index contributed by atoms with van der Waals surface area (Å²) in [4.78, 5) is 22.9. The van der Waals surface area contributed by atoms with E-state index < -0.39 is 0 Å². The number of nitrogens with two attached hydrogens (primary N) is 1. The van der Waals surface area contributed by atoms with E-state index in [-0.39, 0.29) is 18.5 Å². The monoisotopic (exact) mass is 338 g/mol. The molecule has 0 bridgehead atoms. The first-order chi connectivity index (χ1) is 12.1. The number of carbonyl (C=O) groups is 1. The number of likely N-dealkylation sites (tertiary alicyclic amines) is 1. The van der Waals surface area contributed by atoms with Crippen LogP contribution < -0.4 is 5.73 Å². The highest BCUT2D eigenvalue weighted by Crippen LogP contribution is 2.30. The maximum Gasteiger partial charge on any atom is 0.245 e. The van der Waals surface area contributed by atoms with Gasteiger partial charge in [-0.25, -0.2) is 9.67 Å². The molecular formula is C18H22N6O. The number of aryl methyl sites for hydroxylation is 1. The van der Waals surface area contributed by atoms with Gasteiger partial charge in [-0.3, -0.25) is 4.79 Å². The average molecular weight is 338 g/mol. The van der Waals surface area contributed by atoms with Crippen molar-refractivity contribution in [3.8, 4) is 0 Å². The van der Waals surface area contributed by atoms with Crippen LogP contribution in [0.3, 0.4) is 0 Å². The number of para-hydroxylation sites is 2. The van der Waals surface area contributed by atoms with E-state index in [0.29, 0.717) is 5.82 Å². The molecule has 0 saturated carbocycles. The van der Waals surface area contributed by atoms with E-state index in [9.17, 15) is 4.79 Å². The first-order valence-electron chi connectivity index (χ1n) is 8.66. The van der Waals surface area contributed by atoms with Crippen molar-refractivity contribution in [3.63, 3.8) is 0 Å². The zero-order valence-electron chi connectivity index (χ0n) is 14.3. The molecule has 7 nitrogen and oxygen atoms in total. The zero-order valence-corrected chi connectivity index (χ0v) is 14.3. The van der Waals surface area contributed by atoms with E-state index in [1.165, 1.54) is 0 Å². The number of H-pyrrole nitrogens is 1. The Morgan fingerprint density at radius 3 is 2.96 bits per heavy atom. The number of hydrogen-bond donors (Lipinski definition) is 2. The average Bonchev–Trinajstić information content (AvgIpc) is 3.17. The van der Waals surface area contributed by atoms with Crippen LogP contribution in [-0.4, -0.2) is 37.1 Å². The summed E-state index contributed by atoms with van der Waals surface area (Å²) in [6.07, 6.45) is 3.02. The SMILES string of the molecule is Cc1cc(N)n(CC(=O)N2CCCC[C@H]2c2nc3ccccc3[nH]2)n1. The quantitative estimate of drug-likeness (QED) is 0.767. The lowest BCUT2D eigenvalue weighted by Crippen LogP contribution is -2.41. The number of nitrogens with zero attached hydrogens (tertiary/aromatic N) is 4. The lowest BCUT2D eigenvalue weighted by molar-refractivity contribution is -0.136. The summed E-state index contributed by atoms with van der Waals surface area (Å²) in [6.45, 7) is 2.77. The highest BCUT2D eigenvalue weighted by Gasteiger charge is 2.30. The lowest BCUT2D eigenvalue weighted by Gasteiger charge is -2.34. The Labute approximate surface area is 145 Å². The van der Waals surface area contributed by atoms with E-state index in [1.54, 1.807) is 10.7 Å². The fraction of sp³-hybridized carbons (Fsp3) is 0.389. The van der Waals surface area contributed by atoms with Crippen LogP contribution in [0.25, 0.3) is 11.0 Å². The van der Waals surface area contributed by atoms with E-state index >= 15 is 0 Å². The molecule has 1 aliphatic heterocycles. The Bertz CT molecular complexity index is 878. The number of aromatic nitrogens is 4. The fourth-order valence-electron chi connectivity index (χ4n) is 3.56. The number of rotatable bonds is 3. The van der Waals surface area contributed by atoms with Gasteiger partial charge in [0.05, 0.1) is 22.8 Å². The third-order valence-electron chi connectivity index (χ3n) is 4.76. The van der Waals surface area contributed by atoms with Gasteiger partial charge in [-0.05, 0) is 38.3 Å². The Hall–Kier alpha value is -2.83. The van der Waals surface area contributed by atoms with Gasteiger partial charge in [0.15, 0.2) is 0 Å². The number of piperidine rings is 1. The molecule has 0 spiro atoms. The molecule has 1 saturated heterocycles. The third kappa shape index (κ3) is 2.97. The number of anilines is 1. The van der Waals surface area contributed by atoms with Gasteiger partial charge in [0.1, 0.15) is 18.2 Å². The number of nitrogen functional groups attached to an aromatic ring is 1. The van der Waals surface area contributed by atoms with Gasteiger partial charge >= 0.3 is 0 Å². The van der Waals surface area contributed by atoms with Gasteiger partial charge < -0.3 is 15.6 Å². The van der Waals surface area contributed by atoms with Crippen molar-refractivity contribution < 1.29 is 4.79 Å². The summed E-state index contributed by atoms with van der Waals surface area (Å²) in [5.74, 6) is 1.40. The Morgan fingerprint density at radius 2 is 2.20 bits per heavy atom. The van der Waals surface area contributed by atoms with E-state index in [4.69, 9.17) is 10.7 Å². The normalized spacial score (nSPS) is 18.0. The largest absolute Gasteiger partial charge is 0.384 e. The minimum absolute atomic E-state index is 0.0217. The van der Waals surface area contributed by atoms with Crippen LogP contribution in [0.5, 0.6) is 0 Å². The molecule has 3 aromatic rings. The van der Waals surface area contributed by atoms with Crippen molar-refractivity contribution in [1.82, 2.24) is 24.6 Å². The molecule has 0 aliphatic carbocycles. The lowest BCUT2D eigenvalue weighted by atomic mass is 10.0. The molecule has 1 fully saturated rings. The van der Waals surface area contributed by atoms with Crippen LogP contribution >= 0.6 is 0 Å². The molecule has 1 aromatic carbocycles. The molecule has 3 N–H and O–H groups in total. The van der Waals surface area contributed by atoms with Crippen molar-refractivity contribution in [2.45, 2.75) is 38.8 Å². The number of benzene rings is 1. The number of amides is 1. The molecule has 130 valence electrons. The number of carbonyl (C=O) groups excluding carboxylic acids is 1. The van der Waals surface area contributed by atoms with Crippen molar-refractivity contribution in [3.05, 3.63) is 41.9 Å². The molecule has 0 radical (unpaired) electrons. The van der Waals surface area contributed by atoms with E-state index in [0.717, 1.165) is 48.4 Å². The summed E-state index contributed by atoms with van der Waals surface area (Å²) in [7, 11) is 0.